The summed E-state index contributed by atoms with van der Waals surface area (Å²) in [7, 11) is 0. The van der Waals surface area contributed by atoms with Crippen molar-refractivity contribution in [1.29, 1.82) is 0 Å². The lowest BCUT2D eigenvalue weighted by Crippen LogP contribution is -1.81. The molecule has 2 aliphatic carbocycles. The summed E-state index contributed by atoms with van der Waals surface area (Å²) in [5, 5.41) is 0. The average Bonchev–Trinajstić information content (AvgIpc) is 3.58. The lowest BCUT2D eigenvalue weighted by atomic mass is 10.1. The molecule has 0 heterocycles. The van der Waals surface area contributed by atoms with Crippen LogP contribution in [0.25, 0.3) is 0 Å². The largest absolute Gasteiger partial charge is 0.207 e. The van der Waals surface area contributed by atoms with E-state index in [0.717, 1.165) is 17.4 Å². The third-order valence-electron chi connectivity index (χ3n) is 4.79. The van der Waals surface area contributed by atoms with E-state index >= 15 is 0 Å². The molecule has 0 N–H and O–H groups in total. The van der Waals surface area contributed by atoms with Gasteiger partial charge >= 0.3 is 0 Å². The van der Waals surface area contributed by atoms with Gasteiger partial charge < -0.3 is 0 Å². The van der Waals surface area contributed by atoms with E-state index in [0.29, 0.717) is 11.8 Å². The molecule has 0 radical (unpaired) electrons. The van der Waals surface area contributed by atoms with E-state index in [1.54, 1.807) is 24.3 Å². The molecule has 144 valence electrons. The fourth-order valence-corrected chi connectivity index (χ4v) is 3.02. The van der Waals surface area contributed by atoms with E-state index in [4.69, 9.17) is 0 Å². The van der Waals surface area contributed by atoms with Gasteiger partial charge in [-0.2, -0.15) is 0 Å². The van der Waals surface area contributed by atoms with Crippen LogP contribution in [0.1, 0.15) is 77.3 Å². The van der Waals surface area contributed by atoms with Gasteiger partial charge in [-0.05, 0) is 71.9 Å². The summed E-state index contributed by atoms with van der Waals surface area (Å²) < 4.78 is 25.1. The molecular weight excluding hydrogens is 326 g/mol. The van der Waals surface area contributed by atoms with E-state index in [1.165, 1.54) is 24.5 Å². The number of rotatable bonds is 2. The van der Waals surface area contributed by atoms with Crippen LogP contribution in [-0.4, -0.2) is 0 Å². The minimum absolute atomic E-state index is 0.110. The molecule has 4 unspecified atom stereocenters. The van der Waals surface area contributed by atoms with E-state index in [2.05, 4.69) is 13.8 Å². The van der Waals surface area contributed by atoms with E-state index in [-0.39, 0.29) is 11.6 Å². The zero-order chi connectivity index (χ0) is 19.7. The molecule has 4 rings (SSSR count). The quantitative estimate of drug-likeness (QED) is 0.509. The Morgan fingerprint density at radius 1 is 0.654 bits per heavy atom. The minimum atomic E-state index is -0.137. The van der Waals surface area contributed by atoms with Crippen LogP contribution in [-0.2, 0) is 0 Å². The van der Waals surface area contributed by atoms with Crippen LogP contribution in [0, 0.1) is 23.5 Å². The molecule has 26 heavy (non-hydrogen) atoms. The predicted molar refractivity (Wildman–Crippen MR) is 109 cm³/mol. The van der Waals surface area contributed by atoms with Gasteiger partial charge in [-0.15, -0.1) is 0 Å². The first-order valence-corrected chi connectivity index (χ1v) is 10.1. The molecule has 0 saturated heterocycles. The van der Waals surface area contributed by atoms with Crippen LogP contribution >= 0.6 is 0 Å². The van der Waals surface area contributed by atoms with Crippen molar-refractivity contribution in [3.8, 4) is 0 Å². The van der Waals surface area contributed by atoms with Crippen molar-refractivity contribution in [2.45, 2.75) is 66.2 Å². The summed E-state index contributed by atoms with van der Waals surface area (Å²) in [5.41, 5.74) is 2.46. The van der Waals surface area contributed by atoms with Gasteiger partial charge in [0.05, 0.1) is 0 Å². The van der Waals surface area contributed by atoms with Crippen molar-refractivity contribution in [3.05, 3.63) is 71.3 Å². The first-order chi connectivity index (χ1) is 12.5. The van der Waals surface area contributed by atoms with Crippen LogP contribution in [0.15, 0.2) is 48.5 Å². The first-order valence-electron chi connectivity index (χ1n) is 10.1. The third-order valence-corrected chi connectivity index (χ3v) is 4.79. The van der Waals surface area contributed by atoms with Gasteiger partial charge in [0, 0.05) is 0 Å². The third kappa shape index (κ3) is 6.90. The normalized spacial score (nSPS) is 24.6. The summed E-state index contributed by atoms with van der Waals surface area (Å²) in [5.74, 6) is 2.65. The Bertz CT molecular complexity index is 633. The van der Waals surface area contributed by atoms with Crippen molar-refractivity contribution in [2.24, 2.45) is 11.8 Å². The Kier molecular flexibility index (Phi) is 9.54. The Morgan fingerprint density at radius 3 is 1.54 bits per heavy atom. The van der Waals surface area contributed by atoms with Crippen LogP contribution in [0.3, 0.4) is 0 Å². The van der Waals surface area contributed by atoms with Crippen molar-refractivity contribution in [2.75, 3.05) is 0 Å². The van der Waals surface area contributed by atoms with Gasteiger partial charge in [0.2, 0.25) is 0 Å². The molecule has 2 heteroatoms. The fourth-order valence-electron chi connectivity index (χ4n) is 3.02. The Balaban J connectivity index is 0.000000219. The van der Waals surface area contributed by atoms with Gasteiger partial charge in [-0.25, -0.2) is 8.78 Å². The maximum absolute atomic E-state index is 12.7. The molecule has 4 atom stereocenters. The van der Waals surface area contributed by atoms with Crippen molar-refractivity contribution in [1.82, 2.24) is 0 Å². The zero-order valence-electron chi connectivity index (χ0n) is 17.1. The fraction of sp³-hybridized carbons (Fsp3) is 0.500. The van der Waals surface area contributed by atoms with E-state index in [1.807, 2.05) is 45.9 Å². The maximum atomic E-state index is 12.7. The standard InChI is InChI=1S/2C10H11F.2C2H6/c1-7-6-10(7)8-2-4-9(11)5-3-8;1-7-5-10(7)8-3-2-4-9(11)6-8;2*1-2/h2-5,7,10H,6H2,1H3;2-4,6-7,10H,5H2,1H3;2*1-2H3. The van der Waals surface area contributed by atoms with Crippen LogP contribution < -0.4 is 0 Å². The average molecular weight is 361 g/mol. The molecule has 0 aromatic heterocycles. The molecule has 0 nitrogen and oxygen atoms in total. The SMILES string of the molecule is CC.CC.CC1CC1c1ccc(F)cc1.CC1CC1c1cccc(F)c1. The van der Waals surface area contributed by atoms with Gasteiger partial charge in [0.25, 0.3) is 0 Å². The number of halogens is 2. The van der Waals surface area contributed by atoms with E-state index in [9.17, 15) is 8.78 Å². The van der Waals surface area contributed by atoms with Gasteiger partial charge in [0.15, 0.2) is 0 Å². The highest BCUT2D eigenvalue weighted by Gasteiger charge is 2.34. The topological polar surface area (TPSA) is 0 Å². The summed E-state index contributed by atoms with van der Waals surface area (Å²) >= 11 is 0. The molecule has 0 aliphatic heterocycles. The summed E-state index contributed by atoms with van der Waals surface area (Å²) in [6.45, 7) is 12.4. The molecular formula is C24H34F2. The monoisotopic (exact) mass is 360 g/mol. The Hall–Kier alpha value is -1.70. The number of hydrogen-bond donors (Lipinski definition) is 0. The molecule has 2 aliphatic rings. The minimum Gasteiger partial charge on any atom is -0.207 e. The van der Waals surface area contributed by atoms with Crippen LogP contribution in [0.4, 0.5) is 8.78 Å². The summed E-state index contributed by atoms with van der Waals surface area (Å²) in [6.07, 6.45) is 2.50. The smallest absolute Gasteiger partial charge is 0.123 e. The highest BCUT2D eigenvalue weighted by Crippen LogP contribution is 2.47. The Labute approximate surface area is 158 Å². The summed E-state index contributed by atoms with van der Waals surface area (Å²) in [4.78, 5) is 0. The molecule has 0 spiro atoms. The summed E-state index contributed by atoms with van der Waals surface area (Å²) in [6, 6.07) is 13.8. The Morgan fingerprint density at radius 2 is 1.12 bits per heavy atom. The highest BCUT2D eigenvalue weighted by molar-refractivity contribution is 5.26. The molecule has 2 aromatic carbocycles. The highest BCUT2D eigenvalue weighted by atomic mass is 19.1. The predicted octanol–water partition coefficient (Wildman–Crippen LogP) is 7.95. The second-order valence-electron chi connectivity index (χ2n) is 6.75. The van der Waals surface area contributed by atoms with Gasteiger partial charge in [0.1, 0.15) is 11.6 Å². The van der Waals surface area contributed by atoms with Crippen LogP contribution in [0.5, 0.6) is 0 Å². The molecule has 2 saturated carbocycles. The maximum Gasteiger partial charge on any atom is 0.123 e. The van der Waals surface area contributed by atoms with Gasteiger partial charge in [-0.1, -0.05) is 65.8 Å². The lowest BCUT2D eigenvalue weighted by molar-refractivity contribution is 0.625. The molecule has 0 amide bonds. The van der Waals surface area contributed by atoms with Crippen LogP contribution in [0.2, 0.25) is 0 Å². The number of benzene rings is 2. The van der Waals surface area contributed by atoms with Crippen molar-refractivity contribution >= 4 is 0 Å². The van der Waals surface area contributed by atoms with E-state index < -0.39 is 0 Å². The second-order valence-corrected chi connectivity index (χ2v) is 6.75. The van der Waals surface area contributed by atoms with Crippen molar-refractivity contribution in [3.63, 3.8) is 0 Å². The van der Waals surface area contributed by atoms with Gasteiger partial charge in [-0.3, -0.25) is 0 Å². The van der Waals surface area contributed by atoms with Crippen molar-refractivity contribution < 1.29 is 8.78 Å². The molecule has 2 fully saturated rings. The second kappa shape index (κ2) is 11.1. The first kappa shape index (κ1) is 22.3. The lowest BCUT2D eigenvalue weighted by Gasteiger charge is -1.96. The number of hydrogen-bond acceptors (Lipinski definition) is 0. The molecule has 2 aromatic rings. The molecule has 0 bridgehead atoms. The zero-order valence-corrected chi connectivity index (χ0v) is 17.1.